The van der Waals surface area contributed by atoms with Crippen molar-refractivity contribution >= 4 is 5.91 Å². The van der Waals surface area contributed by atoms with Gasteiger partial charge in [-0.2, -0.15) is 5.06 Å². The Labute approximate surface area is 283 Å². The third kappa shape index (κ3) is 7.95. The van der Waals surface area contributed by atoms with Gasteiger partial charge in [0.2, 0.25) is 5.91 Å². The third-order valence-electron chi connectivity index (χ3n) is 11.8. The highest BCUT2D eigenvalue weighted by Gasteiger charge is 2.57. The number of carbonyl (C=O) groups excluding carboxylic acids is 1. The first-order valence-corrected chi connectivity index (χ1v) is 17.8. The van der Waals surface area contributed by atoms with E-state index in [9.17, 15) is 15.0 Å². The number of nitrogens with zero attached hydrogens (tertiary/aromatic N) is 3. The molecule has 0 aromatic heterocycles. The smallest absolute Gasteiger partial charge is 0.240 e. The van der Waals surface area contributed by atoms with Gasteiger partial charge in [0.1, 0.15) is 12.1 Å². The Kier molecular flexibility index (Phi) is 11.5. The maximum absolute atomic E-state index is 14.1. The van der Waals surface area contributed by atoms with Crippen molar-refractivity contribution in [3.63, 3.8) is 0 Å². The molecule has 9 atom stereocenters. The van der Waals surface area contributed by atoms with Crippen LogP contribution in [0.5, 0.6) is 0 Å². The van der Waals surface area contributed by atoms with Crippen LogP contribution in [0.25, 0.3) is 0 Å². The highest BCUT2D eigenvalue weighted by atomic mass is 16.7. The fourth-order valence-corrected chi connectivity index (χ4v) is 8.96. The van der Waals surface area contributed by atoms with E-state index in [0.29, 0.717) is 41.7 Å². The second kappa shape index (κ2) is 15.1. The van der Waals surface area contributed by atoms with Crippen molar-refractivity contribution in [3.8, 4) is 0 Å². The zero-order valence-corrected chi connectivity index (χ0v) is 30.0. The second-order valence-corrected chi connectivity index (χ2v) is 16.0. The van der Waals surface area contributed by atoms with Gasteiger partial charge in [0.25, 0.3) is 0 Å². The minimum Gasteiger partial charge on any atom is -0.394 e. The third-order valence-corrected chi connectivity index (χ3v) is 11.8. The minimum absolute atomic E-state index is 0.110. The summed E-state index contributed by atoms with van der Waals surface area (Å²) in [5.41, 5.74) is 3.86. The average molecular weight is 649 g/mol. The Bertz CT molecular complexity index is 1320. The number of benzene rings is 2. The van der Waals surface area contributed by atoms with E-state index in [4.69, 9.17) is 4.84 Å². The van der Waals surface area contributed by atoms with Crippen LogP contribution in [0, 0.1) is 35.0 Å². The first kappa shape index (κ1) is 36.0. The summed E-state index contributed by atoms with van der Waals surface area (Å²) in [5, 5.41) is 26.2. The molecule has 8 nitrogen and oxygen atoms in total. The van der Waals surface area contributed by atoms with Crippen LogP contribution in [0.3, 0.4) is 0 Å². The summed E-state index contributed by atoms with van der Waals surface area (Å²) in [5.74, 6) is 1.45. The largest absolute Gasteiger partial charge is 0.394 e. The highest BCUT2D eigenvalue weighted by molar-refractivity contribution is 5.82. The number of nitrogens with one attached hydrogen (secondary N) is 1. The van der Waals surface area contributed by atoms with E-state index in [1.54, 1.807) is 12.0 Å². The summed E-state index contributed by atoms with van der Waals surface area (Å²) in [6.07, 6.45) is 0.768. The van der Waals surface area contributed by atoms with Crippen molar-refractivity contribution in [2.75, 3.05) is 27.2 Å². The van der Waals surface area contributed by atoms with Gasteiger partial charge in [-0.25, -0.2) is 0 Å². The van der Waals surface area contributed by atoms with E-state index in [1.165, 1.54) is 17.5 Å². The Morgan fingerprint density at radius 1 is 1.02 bits per heavy atom. The monoisotopic (exact) mass is 648 g/mol. The predicted octanol–water partition coefficient (Wildman–Crippen LogP) is 4.94. The molecule has 3 saturated carbocycles. The van der Waals surface area contributed by atoms with Crippen LogP contribution in [-0.2, 0) is 29.3 Å². The zero-order chi connectivity index (χ0) is 34.0. The summed E-state index contributed by atoms with van der Waals surface area (Å²) < 4.78 is 0. The fourth-order valence-electron chi connectivity index (χ4n) is 8.96. The number of hydroxylamine groups is 2. The van der Waals surface area contributed by atoms with E-state index in [2.05, 4.69) is 118 Å². The van der Waals surface area contributed by atoms with Gasteiger partial charge in [0.15, 0.2) is 0 Å². The van der Waals surface area contributed by atoms with Crippen LogP contribution in [0.1, 0.15) is 71.1 Å². The van der Waals surface area contributed by atoms with Crippen molar-refractivity contribution in [3.05, 3.63) is 71.3 Å². The zero-order valence-electron chi connectivity index (χ0n) is 30.0. The number of aliphatic hydroxyl groups excluding tert-OH is 2. The summed E-state index contributed by atoms with van der Waals surface area (Å²) in [6, 6.07) is 19.0. The highest BCUT2D eigenvalue weighted by Crippen LogP contribution is 2.61. The Morgan fingerprint density at radius 2 is 1.68 bits per heavy atom. The standard InChI is InChI=1S/C39H60N4O4/c1-25(2)34(23-41(7)8)42(20-28-13-10-9-11-14-28)21-29-15-12-16-30(17-29)22-43-37(36(27(4)45)35(24-44)47-43)38(46)40-33-19-31-18-32(26(33)3)39(31,5)6/h9-17,25-27,31-37,44-45H,18-24H2,1-8H3,(H,40,46)/t26-,27-,31+,32-,33-,34+,35-,36+,37-/m0/s1. The number of likely N-dealkylation sites (N-methyl/N-ethyl adjacent to an activating group) is 1. The van der Waals surface area contributed by atoms with Crippen LogP contribution in [0.2, 0.25) is 0 Å². The molecule has 3 aliphatic carbocycles. The van der Waals surface area contributed by atoms with Gasteiger partial charge >= 0.3 is 0 Å². The van der Waals surface area contributed by atoms with E-state index in [1.807, 2.05) is 0 Å². The number of rotatable bonds is 14. The summed E-state index contributed by atoms with van der Waals surface area (Å²) in [4.78, 5) is 25.2. The van der Waals surface area contributed by atoms with Crippen LogP contribution >= 0.6 is 0 Å². The topological polar surface area (TPSA) is 88.5 Å². The lowest BCUT2D eigenvalue weighted by Gasteiger charge is -2.62. The van der Waals surface area contributed by atoms with Gasteiger partial charge in [0, 0.05) is 37.6 Å². The number of hydrogen-bond acceptors (Lipinski definition) is 7. The van der Waals surface area contributed by atoms with Crippen LogP contribution in [0.4, 0.5) is 0 Å². The second-order valence-electron chi connectivity index (χ2n) is 16.0. The van der Waals surface area contributed by atoms with Gasteiger partial charge in [0.05, 0.1) is 19.3 Å². The predicted molar refractivity (Wildman–Crippen MR) is 187 cm³/mol. The molecule has 1 amide bonds. The van der Waals surface area contributed by atoms with Gasteiger partial charge < -0.3 is 20.4 Å². The maximum Gasteiger partial charge on any atom is 0.240 e. The Hall–Kier alpha value is -2.33. The lowest BCUT2D eigenvalue weighted by atomic mass is 9.45. The van der Waals surface area contributed by atoms with Gasteiger partial charge in [-0.1, -0.05) is 89.2 Å². The molecule has 8 heteroatoms. The Balaban J connectivity index is 1.35. The number of fused-ring (bicyclic) bond motifs is 2. The molecular formula is C39H60N4O4. The number of aliphatic hydroxyl groups is 2. The van der Waals surface area contributed by atoms with Crippen molar-refractivity contribution < 1.29 is 19.8 Å². The first-order chi connectivity index (χ1) is 22.3. The molecule has 0 radical (unpaired) electrons. The van der Waals surface area contributed by atoms with Crippen LogP contribution in [-0.4, -0.2) is 88.6 Å². The van der Waals surface area contributed by atoms with Crippen molar-refractivity contribution in [1.82, 2.24) is 20.2 Å². The van der Waals surface area contributed by atoms with E-state index < -0.39 is 24.2 Å². The molecule has 0 spiro atoms. The number of carbonyl (C=O) groups is 1. The van der Waals surface area contributed by atoms with Gasteiger partial charge in [-0.05, 0) is 79.6 Å². The molecular weight excluding hydrogens is 588 g/mol. The quantitative estimate of drug-likeness (QED) is 0.268. The average Bonchev–Trinajstić information content (AvgIpc) is 3.39. The molecule has 47 heavy (non-hydrogen) atoms. The molecule has 1 heterocycles. The molecule has 0 unspecified atom stereocenters. The molecule has 2 aromatic carbocycles. The lowest BCUT2D eigenvalue weighted by Crippen LogP contribution is -2.62. The summed E-state index contributed by atoms with van der Waals surface area (Å²) in [6.45, 7) is 16.0. The van der Waals surface area contributed by atoms with Gasteiger partial charge in [-0.15, -0.1) is 0 Å². The van der Waals surface area contributed by atoms with Crippen LogP contribution < -0.4 is 5.32 Å². The molecule has 2 bridgehead atoms. The molecule has 4 aliphatic rings. The normalized spacial score (nSPS) is 30.0. The molecule has 260 valence electrons. The van der Waals surface area contributed by atoms with Gasteiger partial charge in [-0.3, -0.25) is 14.5 Å². The first-order valence-electron chi connectivity index (χ1n) is 17.8. The SMILES string of the molecule is CC(C)[C@@H](CN(C)C)N(Cc1ccccc1)Cc1cccc(CN2O[C@@H](CO)[C@@H]([C@H](C)O)[C@H]2C(=O)N[C@H]2C[C@H]3C[C@@H]([C@@H]2C)C3(C)C)c1. The Morgan fingerprint density at radius 3 is 2.28 bits per heavy atom. The summed E-state index contributed by atoms with van der Waals surface area (Å²) >= 11 is 0. The molecule has 6 rings (SSSR count). The molecule has 3 N–H and O–H groups in total. The lowest BCUT2D eigenvalue weighted by molar-refractivity contribution is -0.183. The molecule has 2 aromatic rings. The number of hydrogen-bond donors (Lipinski definition) is 3. The van der Waals surface area contributed by atoms with E-state index in [-0.39, 0.29) is 18.6 Å². The van der Waals surface area contributed by atoms with Crippen molar-refractivity contribution in [1.29, 1.82) is 0 Å². The van der Waals surface area contributed by atoms with E-state index in [0.717, 1.165) is 31.6 Å². The molecule has 1 saturated heterocycles. The maximum atomic E-state index is 14.1. The minimum atomic E-state index is -0.813. The van der Waals surface area contributed by atoms with E-state index >= 15 is 0 Å². The fraction of sp³-hybridized carbons (Fsp3) is 0.667. The van der Waals surface area contributed by atoms with Crippen molar-refractivity contribution in [2.24, 2.45) is 35.0 Å². The number of amides is 1. The molecule has 4 fully saturated rings. The van der Waals surface area contributed by atoms with Crippen LogP contribution in [0.15, 0.2) is 54.6 Å². The molecule has 1 aliphatic heterocycles. The summed E-state index contributed by atoms with van der Waals surface area (Å²) in [7, 11) is 4.27. The van der Waals surface area contributed by atoms with Crippen molar-refractivity contribution in [2.45, 2.75) is 104 Å².